The maximum atomic E-state index is 2.53. The molecule has 0 atom stereocenters. The number of benzene rings is 10. The van der Waals surface area contributed by atoms with E-state index < -0.39 is 8.07 Å². The van der Waals surface area contributed by atoms with E-state index in [4.69, 9.17) is 0 Å². The molecular weight excluding hydrogens is 641 g/mol. The highest BCUT2D eigenvalue weighted by Crippen LogP contribution is 2.44. The molecule has 0 spiro atoms. The van der Waals surface area contributed by atoms with Gasteiger partial charge in [-0.3, -0.25) is 0 Å². The van der Waals surface area contributed by atoms with Crippen molar-refractivity contribution >= 4 is 77.5 Å². The first-order chi connectivity index (χ1) is 25.6. The summed E-state index contributed by atoms with van der Waals surface area (Å²) in [5, 5.41) is 17.0. The lowest BCUT2D eigenvalue weighted by molar-refractivity contribution is 1.66. The predicted molar refractivity (Wildman–Crippen MR) is 228 cm³/mol. The molecule has 0 nitrogen and oxygen atoms in total. The van der Waals surface area contributed by atoms with E-state index in [9.17, 15) is 0 Å². The monoisotopic (exact) mass is 676 g/mol. The Morgan fingerprint density at radius 3 is 1.06 bits per heavy atom. The van der Waals surface area contributed by atoms with Crippen LogP contribution in [0.15, 0.2) is 200 Å². The van der Waals surface area contributed by atoms with Crippen molar-refractivity contribution in [2.24, 2.45) is 0 Å². The molecule has 10 aromatic carbocycles. The summed E-state index contributed by atoms with van der Waals surface area (Å²) in [7, 11) is -2.42. The number of fused-ring (bicyclic) bond motifs is 5. The minimum absolute atomic E-state index is 1.24. The molecule has 0 heterocycles. The Kier molecular flexibility index (Phi) is 7.16. The van der Waals surface area contributed by atoms with Crippen LogP contribution in [0.3, 0.4) is 0 Å². The van der Waals surface area contributed by atoms with Crippen LogP contribution in [-0.4, -0.2) is 8.07 Å². The van der Waals surface area contributed by atoms with E-state index >= 15 is 0 Å². The third kappa shape index (κ3) is 4.89. The Morgan fingerprint density at radius 1 is 0.269 bits per heavy atom. The van der Waals surface area contributed by atoms with Gasteiger partial charge in [0, 0.05) is 0 Å². The van der Waals surface area contributed by atoms with Gasteiger partial charge in [-0.1, -0.05) is 201 Å². The largest absolute Gasteiger partial charge is 0.145 e. The summed E-state index contributed by atoms with van der Waals surface area (Å²) in [6.07, 6.45) is 0. The maximum Gasteiger partial charge on any atom is 0.145 e. The quantitative estimate of drug-likeness (QED) is 0.0967. The van der Waals surface area contributed by atoms with Gasteiger partial charge in [-0.2, -0.15) is 0 Å². The molecule has 10 aromatic rings. The van der Waals surface area contributed by atoms with E-state index in [-0.39, 0.29) is 0 Å². The Bertz CT molecular complexity index is 2840. The van der Waals surface area contributed by atoms with Crippen LogP contribution in [0.4, 0.5) is 0 Å². The highest BCUT2D eigenvalue weighted by atomic mass is 28.3. The molecule has 0 fully saturated rings. The summed E-state index contributed by atoms with van der Waals surface area (Å²) >= 11 is 0. The first-order valence-electron chi connectivity index (χ1n) is 18.2. The molecule has 0 N–H and O–H groups in total. The van der Waals surface area contributed by atoms with Gasteiger partial charge in [-0.15, -0.1) is 0 Å². The number of hydrogen-bond donors (Lipinski definition) is 0. The molecule has 0 unspecified atom stereocenters. The molecule has 1 heteroatoms. The van der Waals surface area contributed by atoms with Crippen LogP contribution in [0, 0.1) is 0 Å². The van der Waals surface area contributed by atoms with Crippen LogP contribution in [-0.2, 0) is 0 Å². The van der Waals surface area contributed by atoms with E-state index in [1.807, 2.05) is 0 Å². The minimum Gasteiger partial charge on any atom is -0.0616 e. The highest BCUT2D eigenvalue weighted by Gasteiger charge is 2.34. The van der Waals surface area contributed by atoms with E-state index in [1.54, 1.807) is 0 Å². The predicted octanol–water partition coefficient (Wildman–Crippen LogP) is 11.9. The summed E-state index contributed by atoms with van der Waals surface area (Å²) in [5.41, 5.74) is 5.09. The molecule has 0 aliphatic carbocycles. The zero-order valence-electron chi connectivity index (χ0n) is 29.1. The van der Waals surface area contributed by atoms with Gasteiger partial charge in [0.25, 0.3) is 0 Å². The fraction of sp³-hybridized carbons (Fsp3) is 0.0196. The van der Waals surface area contributed by atoms with Crippen LogP contribution in [0.1, 0.15) is 0 Å². The van der Waals surface area contributed by atoms with Gasteiger partial charge < -0.3 is 0 Å². The molecule has 0 radical (unpaired) electrons. The molecular formula is C51H36Si. The second kappa shape index (κ2) is 12.2. The van der Waals surface area contributed by atoms with E-state index in [0.717, 1.165) is 0 Å². The average Bonchev–Trinajstić information content (AvgIpc) is 3.22. The minimum atomic E-state index is -2.42. The van der Waals surface area contributed by atoms with Crippen molar-refractivity contribution in [2.45, 2.75) is 6.55 Å². The molecule has 10 rings (SSSR count). The molecule has 0 aliphatic rings. The lowest BCUT2D eigenvalue weighted by Crippen LogP contribution is -2.64. The van der Waals surface area contributed by atoms with Crippen molar-refractivity contribution in [1.29, 1.82) is 0 Å². The summed E-state index contributed by atoms with van der Waals surface area (Å²) in [6, 6.07) is 74.8. The zero-order chi connectivity index (χ0) is 34.6. The second-order valence-corrected chi connectivity index (χ2v) is 18.2. The Labute approximate surface area is 305 Å². The third-order valence-corrected chi connectivity index (χ3v) is 15.8. The lowest BCUT2D eigenvalue weighted by Gasteiger charge is -2.30. The first kappa shape index (κ1) is 30.5. The van der Waals surface area contributed by atoms with Crippen molar-refractivity contribution in [3.05, 3.63) is 200 Å². The summed E-state index contributed by atoms with van der Waals surface area (Å²) in [6.45, 7) is 2.53. The number of hydrogen-bond acceptors (Lipinski definition) is 0. The SMILES string of the molecule is C[Si](c1ccc(-c2c3ccccc3c(-c3ccc4ccccc4c3)c3ccccc23)cc1)(c1ccc2ccccc2c1)c1ccc2ccccc2c1. The van der Waals surface area contributed by atoms with Crippen molar-refractivity contribution in [3.63, 3.8) is 0 Å². The van der Waals surface area contributed by atoms with Crippen LogP contribution < -0.4 is 15.6 Å². The van der Waals surface area contributed by atoms with Crippen molar-refractivity contribution in [1.82, 2.24) is 0 Å². The summed E-state index contributed by atoms with van der Waals surface area (Å²) in [5.74, 6) is 0. The summed E-state index contributed by atoms with van der Waals surface area (Å²) < 4.78 is 0. The average molecular weight is 677 g/mol. The van der Waals surface area contributed by atoms with Gasteiger partial charge >= 0.3 is 0 Å². The summed E-state index contributed by atoms with van der Waals surface area (Å²) in [4.78, 5) is 0. The topological polar surface area (TPSA) is 0 Å². The highest BCUT2D eigenvalue weighted by molar-refractivity contribution is 7.10. The third-order valence-electron chi connectivity index (χ3n) is 11.4. The van der Waals surface area contributed by atoms with Crippen LogP contribution >= 0.6 is 0 Å². The Balaban J connectivity index is 1.17. The van der Waals surface area contributed by atoms with Gasteiger partial charge in [-0.25, -0.2) is 0 Å². The van der Waals surface area contributed by atoms with Gasteiger partial charge in [-0.05, 0) is 97.7 Å². The first-order valence-corrected chi connectivity index (χ1v) is 20.7. The van der Waals surface area contributed by atoms with Gasteiger partial charge in [0.05, 0.1) is 0 Å². The van der Waals surface area contributed by atoms with Gasteiger partial charge in [0.2, 0.25) is 0 Å². The van der Waals surface area contributed by atoms with E-state index in [0.29, 0.717) is 0 Å². The van der Waals surface area contributed by atoms with Gasteiger partial charge in [0.15, 0.2) is 0 Å². The Hall–Kier alpha value is -6.28. The maximum absolute atomic E-state index is 2.53. The van der Waals surface area contributed by atoms with Crippen LogP contribution in [0.25, 0.3) is 76.1 Å². The van der Waals surface area contributed by atoms with Crippen molar-refractivity contribution in [2.75, 3.05) is 0 Å². The second-order valence-electron chi connectivity index (χ2n) is 14.2. The molecule has 52 heavy (non-hydrogen) atoms. The molecule has 0 aromatic heterocycles. The molecule has 0 amide bonds. The Morgan fingerprint density at radius 2 is 0.596 bits per heavy atom. The zero-order valence-corrected chi connectivity index (χ0v) is 30.1. The van der Waals surface area contributed by atoms with E-state index in [1.165, 1.54) is 91.7 Å². The van der Waals surface area contributed by atoms with Crippen molar-refractivity contribution in [3.8, 4) is 22.3 Å². The normalized spacial score (nSPS) is 11.9. The van der Waals surface area contributed by atoms with Crippen molar-refractivity contribution < 1.29 is 0 Å². The fourth-order valence-electron chi connectivity index (χ4n) is 8.57. The molecule has 0 bridgehead atoms. The molecule has 244 valence electrons. The number of rotatable bonds is 5. The molecule has 0 aliphatic heterocycles. The van der Waals surface area contributed by atoms with Crippen LogP contribution in [0.2, 0.25) is 6.55 Å². The van der Waals surface area contributed by atoms with E-state index in [2.05, 4.69) is 207 Å². The molecule has 0 saturated heterocycles. The van der Waals surface area contributed by atoms with Gasteiger partial charge in [0.1, 0.15) is 8.07 Å². The smallest absolute Gasteiger partial charge is 0.0616 e. The lowest BCUT2D eigenvalue weighted by atomic mass is 9.85. The fourth-order valence-corrected chi connectivity index (χ4v) is 12.1. The van der Waals surface area contributed by atoms with Crippen LogP contribution in [0.5, 0.6) is 0 Å². The molecule has 0 saturated carbocycles. The standard InChI is InChI=1S/C51H36Si/c1-52(44-30-24-36-13-3-6-16-40(36)33-44,45-31-25-37-14-4-7-17-41(37)34-45)43-28-26-38(27-29-43)50-46-18-8-10-20-48(46)51(49-21-11-9-19-47(49)50)42-23-22-35-12-2-5-15-39(35)32-42/h2-34H,1H3.